The maximum absolute atomic E-state index is 12.9. The second-order valence-corrected chi connectivity index (χ2v) is 7.68. The summed E-state index contributed by atoms with van der Waals surface area (Å²) in [6, 6.07) is 10.6. The van der Waals surface area contributed by atoms with E-state index in [0.29, 0.717) is 0 Å². The van der Waals surface area contributed by atoms with Crippen molar-refractivity contribution in [3.63, 3.8) is 0 Å². The topological polar surface area (TPSA) is 44.4 Å². The van der Waals surface area contributed by atoms with Crippen LogP contribution >= 0.6 is 0 Å². The largest absolute Gasteiger partial charge is 0.348 e. The van der Waals surface area contributed by atoms with Crippen LogP contribution in [0.25, 0.3) is 0 Å². The molecule has 0 aromatic heterocycles. The minimum Gasteiger partial charge on any atom is -0.348 e. The maximum atomic E-state index is 12.9. The maximum Gasteiger partial charge on any atom is 0.238 e. The lowest BCUT2D eigenvalue weighted by Crippen LogP contribution is -2.58. The Morgan fingerprint density at radius 1 is 1.27 bits per heavy atom. The molecule has 2 N–H and O–H groups in total. The van der Waals surface area contributed by atoms with Crippen molar-refractivity contribution >= 4 is 5.91 Å². The number of nitrogens with zero attached hydrogens (tertiary/aromatic N) is 1. The molecule has 1 aromatic rings. The molecule has 0 radical (unpaired) electrons. The highest BCUT2D eigenvalue weighted by Gasteiger charge is 2.29. The van der Waals surface area contributed by atoms with Crippen molar-refractivity contribution in [2.75, 3.05) is 19.6 Å². The average molecular weight is 356 g/mol. The van der Waals surface area contributed by atoms with Crippen LogP contribution in [-0.4, -0.2) is 42.5 Å². The molecule has 26 heavy (non-hydrogen) atoms. The Morgan fingerprint density at radius 3 is 3.04 bits per heavy atom. The van der Waals surface area contributed by atoms with Gasteiger partial charge in [-0.25, -0.2) is 0 Å². The predicted molar refractivity (Wildman–Crippen MR) is 109 cm³/mol. The van der Waals surface area contributed by atoms with E-state index in [1.807, 2.05) is 6.07 Å². The molecule has 4 nitrogen and oxygen atoms in total. The standard InChI is InChI=1S/C22H29N3O.2H2/c26-22(24-20-12-6-10-18-9-4-5-11-19(18)20)21-16-25(14-13-23-21)15-17-7-2-1-3-8-17;;/h1-3,5,7-8,11,20-21,23H,4,6,9-10,12-16H2,(H,24,26);2*1H/t20-,21+;;/m1../s1. The summed E-state index contributed by atoms with van der Waals surface area (Å²) in [6.45, 7) is 3.53. The van der Waals surface area contributed by atoms with Crippen LogP contribution in [0.1, 0.15) is 40.5 Å². The lowest BCUT2D eigenvalue weighted by atomic mass is 9.82. The van der Waals surface area contributed by atoms with Gasteiger partial charge in [0.25, 0.3) is 0 Å². The van der Waals surface area contributed by atoms with E-state index in [1.165, 1.54) is 30.4 Å². The van der Waals surface area contributed by atoms with Gasteiger partial charge in [-0.3, -0.25) is 9.69 Å². The molecule has 1 aromatic carbocycles. The Labute approximate surface area is 159 Å². The van der Waals surface area contributed by atoms with Crippen LogP contribution in [0.2, 0.25) is 0 Å². The third kappa shape index (κ3) is 4.08. The Morgan fingerprint density at radius 2 is 2.15 bits per heavy atom. The second-order valence-electron chi connectivity index (χ2n) is 7.68. The monoisotopic (exact) mass is 355 g/mol. The summed E-state index contributed by atoms with van der Waals surface area (Å²) in [5, 5.41) is 6.74. The minimum atomic E-state index is -0.119. The number of piperazine rings is 1. The Hall–Kier alpha value is -1.91. The normalized spacial score (nSPS) is 26.5. The molecule has 2 atom stereocenters. The number of carbonyl (C=O) groups excluding carboxylic acids is 1. The molecular formula is C22H33N3O. The van der Waals surface area contributed by atoms with Gasteiger partial charge in [0, 0.05) is 29.0 Å². The van der Waals surface area contributed by atoms with Gasteiger partial charge in [-0.1, -0.05) is 48.1 Å². The Bertz CT molecular complexity index is 705. The summed E-state index contributed by atoms with van der Waals surface area (Å²) in [6.07, 6.45) is 10.3. The first-order chi connectivity index (χ1) is 12.8. The fourth-order valence-electron chi connectivity index (χ4n) is 4.43. The van der Waals surface area contributed by atoms with Gasteiger partial charge in [-0.15, -0.1) is 0 Å². The van der Waals surface area contributed by atoms with Crippen LogP contribution in [0.3, 0.4) is 0 Å². The van der Waals surface area contributed by atoms with E-state index in [1.54, 1.807) is 5.57 Å². The highest BCUT2D eigenvalue weighted by molar-refractivity contribution is 5.83. The molecule has 3 aliphatic rings. The molecule has 0 bridgehead atoms. The van der Waals surface area contributed by atoms with Crippen LogP contribution in [0, 0.1) is 0 Å². The summed E-state index contributed by atoms with van der Waals surface area (Å²) in [4.78, 5) is 15.3. The van der Waals surface area contributed by atoms with Crippen molar-refractivity contribution in [1.29, 1.82) is 0 Å². The summed E-state index contributed by atoms with van der Waals surface area (Å²) >= 11 is 0. The number of nitrogens with one attached hydrogen (secondary N) is 2. The number of carbonyl (C=O) groups is 1. The highest BCUT2D eigenvalue weighted by Crippen LogP contribution is 2.32. The first-order valence-corrected chi connectivity index (χ1v) is 9.98. The van der Waals surface area contributed by atoms with Crippen LogP contribution in [0.15, 0.2) is 53.6 Å². The van der Waals surface area contributed by atoms with Crippen LogP contribution < -0.4 is 10.6 Å². The number of hydrogen-bond donors (Lipinski definition) is 2. The molecule has 142 valence electrons. The predicted octanol–water partition coefficient (Wildman–Crippen LogP) is 3.27. The molecule has 0 spiro atoms. The van der Waals surface area contributed by atoms with Gasteiger partial charge in [-0.05, 0) is 43.2 Å². The summed E-state index contributed by atoms with van der Waals surface area (Å²) < 4.78 is 0. The van der Waals surface area contributed by atoms with Crippen molar-refractivity contribution in [1.82, 2.24) is 15.5 Å². The third-order valence-electron chi connectivity index (χ3n) is 5.81. The van der Waals surface area contributed by atoms with E-state index in [0.717, 1.165) is 39.0 Å². The third-order valence-corrected chi connectivity index (χ3v) is 5.81. The van der Waals surface area contributed by atoms with E-state index in [-0.39, 0.29) is 20.8 Å². The summed E-state index contributed by atoms with van der Waals surface area (Å²) in [5.74, 6) is 0.153. The molecule has 1 amide bonds. The van der Waals surface area contributed by atoms with E-state index >= 15 is 0 Å². The van der Waals surface area contributed by atoms with Crippen molar-refractivity contribution in [2.24, 2.45) is 0 Å². The molecule has 1 saturated heterocycles. The minimum absolute atomic E-state index is 0. The summed E-state index contributed by atoms with van der Waals surface area (Å²) in [7, 11) is 0. The second kappa shape index (κ2) is 8.19. The van der Waals surface area contributed by atoms with E-state index < -0.39 is 0 Å². The first kappa shape index (κ1) is 17.5. The van der Waals surface area contributed by atoms with E-state index in [2.05, 4.69) is 52.0 Å². The zero-order valence-electron chi connectivity index (χ0n) is 15.4. The van der Waals surface area contributed by atoms with Gasteiger partial charge in [0.05, 0.1) is 12.1 Å². The quantitative estimate of drug-likeness (QED) is 0.871. The number of amides is 1. The van der Waals surface area contributed by atoms with Crippen molar-refractivity contribution in [3.05, 3.63) is 59.2 Å². The van der Waals surface area contributed by atoms with Crippen LogP contribution in [-0.2, 0) is 11.3 Å². The van der Waals surface area contributed by atoms with Crippen molar-refractivity contribution in [2.45, 2.75) is 50.7 Å². The summed E-state index contributed by atoms with van der Waals surface area (Å²) in [5.41, 5.74) is 4.25. The van der Waals surface area contributed by atoms with Crippen LogP contribution in [0.5, 0.6) is 0 Å². The van der Waals surface area contributed by atoms with Gasteiger partial charge in [0.15, 0.2) is 0 Å². The average Bonchev–Trinajstić information content (AvgIpc) is 2.69. The SMILES string of the molecule is O=C(N[C@@H]1CCCC2=C1C=CCC2)[C@@H]1CN(Cc2ccccc2)CCN1.[HH].[HH]. The molecule has 1 heterocycles. The van der Waals surface area contributed by atoms with Gasteiger partial charge in [-0.2, -0.15) is 0 Å². The fraction of sp³-hybridized carbons (Fsp3) is 0.500. The zero-order valence-corrected chi connectivity index (χ0v) is 15.4. The molecule has 1 aliphatic heterocycles. The molecule has 0 unspecified atom stereocenters. The Balaban J connectivity index is 0.00000140. The molecule has 1 fully saturated rings. The van der Waals surface area contributed by atoms with Crippen molar-refractivity contribution < 1.29 is 7.65 Å². The number of hydrogen-bond acceptors (Lipinski definition) is 3. The van der Waals surface area contributed by atoms with Crippen molar-refractivity contribution in [3.8, 4) is 0 Å². The lowest BCUT2D eigenvalue weighted by Gasteiger charge is -2.35. The first-order valence-electron chi connectivity index (χ1n) is 9.98. The van der Waals surface area contributed by atoms with E-state index in [9.17, 15) is 4.79 Å². The molecule has 4 rings (SSSR count). The fourth-order valence-corrected chi connectivity index (χ4v) is 4.43. The molecular weight excluding hydrogens is 322 g/mol. The smallest absolute Gasteiger partial charge is 0.238 e. The molecule has 4 heteroatoms. The van der Waals surface area contributed by atoms with E-state index in [4.69, 9.17) is 0 Å². The number of benzene rings is 1. The number of rotatable bonds is 4. The molecule has 2 aliphatic carbocycles. The zero-order chi connectivity index (χ0) is 17.8. The van der Waals surface area contributed by atoms with Gasteiger partial charge in [0.1, 0.15) is 0 Å². The lowest BCUT2D eigenvalue weighted by molar-refractivity contribution is -0.124. The highest BCUT2D eigenvalue weighted by atomic mass is 16.2. The number of allylic oxidation sites excluding steroid dienone is 2. The van der Waals surface area contributed by atoms with Gasteiger partial charge < -0.3 is 10.6 Å². The van der Waals surface area contributed by atoms with Gasteiger partial charge >= 0.3 is 0 Å². The Kier molecular flexibility index (Phi) is 5.51. The van der Waals surface area contributed by atoms with Gasteiger partial charge in [0.2, 0.25) is 5.91 Å². The molecule has 0 saturated carbocycles. The van der Waals surface area contributed by atoms with Crippen LogP contribution in [0.4, 0.5) is 0 Å².